The molecule has 4 aliphatic carbocycles. The average molecular weight is 1090 g/mol. The van der Waals surface area contributed by atoms with Crippen molar-refractivity contribution in [1.82, 2.24) is 41.0 Å². The quantitative estimate of drug-likeness (QED) is 0.0397. The molecule has 4 aliphatic rings. The summed E-state index contributed by atoms with van der Waals surface area (Å²) in [4.78, 5) is 37.6. The number of nitrogens with zero attached hydrogens (tertiary/aromatic N) is 5. The zero-order chi connectivity index (χ0) is 51.6. The van der Waals surface area contributed by atoms with Gasteiger partial charge in [0.15, 0.2) is 5.82 Å². The summed E-state index contributed by atoms with van der Waals surface area (Å²) in [5, 5.41) is 29.3. The van der Waals surface area contributed by atoms with Crippen LogP contribution in [0.2, 0.25) is 0 Å². The number of hydrogen-bond donors (Lipinski definition) is 7. The van der Waals surface area contributed by atoms with Gasteiger partial charge in [-0.05, 0) is 135 Å². The fourth-order valence-corrected chi connectivity index (χ4v) is 16.5. The van der Waals surface area contributed by atoms with Crippen LogP contribution in [0.5, 0.6) is 0 Å². The molecule has 0 saturated heterocycles. The zero-order valence-corrected chi connectivity index (χ0v) is 45.0. The number of aromatic amines is 1. The fourth-order valence-electron chi connectivity index (χ4n) is 10.0. The van der Waals surface area contributed by atoms with Crippen LogP contribution in [0.3, 0.4) is 0 Å². The lowest BCUT2D eigenvalue weighted by Crippen LogP contribution is -2.39. The number of benzene rings is 2. The largest absolute Gasteiger partial charge is 0.447 e. The number of ether oxygens (including phenoxy) is 2. The highest BCUT2D eigenvalue weighted by atomic mass is 32.2. The summed E-state index contributed by atoms with van der Waals surface area (Å²) in [6.07, 6.45) is 15.5. The number of rotatable bonds is 19. The lowest BCUT2D eigenvalue weighted by molar-refractivity contribution is 0.0967. The Hall–Kier alpha value is -5.91. The number of H-pyrrole nitrogens is 1. The highest BCUT2D eigenvalue weighted by molar-refractivity contribution is 7.93. The number of thiazole rings is 2. The van der Waals surface area contributed by atoms with Crippen LogP contribution in [0, 0.1) is 9.56 Å². The van der Waals surface area contributed by atoms with Gasteiger partial charge in [-0.15, -0.1) is 27.8 Å². The first-order chi connectivity index (χ1) is 35.6. The number of aryl methyl sites for hydroxylation is 1. The van der Waals surface area contributed by atoms with E-state index in [1.54, 1.807) is 28.7 Å². The van der Waals surface area contributed by atoms with Crippen molar-refractivity contribution < 1.29 is 31.9 Å². The molecular formula is C51H64N12O7S4. The first-order valence-electron chi connectivity index (χ1n) is 25.7. The van der Waals surface area contributed by atoms with E-state index >= 15 is 0 Å². The van der Waals surface area contributed by atoms with Crippen molar-refractivity contribution in [2.75, 3.05) is 10.6 Å². The molecule has 2 amide bonds. The summed E-state index contributed by atoms with van der Waals surface area (Å²) >= 11 is 3.17. The number of amides is 2. The SMILES string of the molecule is CC(C)OC(=O)NC1CCC(c2ncc(-c3ccc(Nc4cc(CCC(C)OC(=O)NC5CCC(c6ncc(-c7ccc(Nc8nnco8)cc7S(=N)(=O)C7CC7)s6)CC5)[nH]n4)cc3S(=N)(=O)C3CCC3)s2)CC1. The lowest BCUT2D eigenvalue weighted by atomic mass is 9.86. The maximum Gasteiger partial charge on any atom is 0.407 e. The Bertz CT molecular complexity index is 3150. The molecule has 2 aromatic carbocycles. The number of aromatic nitrogens is 6. The molecule has 0 radical (unpaired) electrons. The van der Waals surface area contributed by atoms with Gasteiger partial charge in [0.05, 0.1) is 55.1 Å². The zero-order valence-electron chi connectivity index (χ0n) is 41.7. The van der Waals surface area contributed by atoms with Gasteiger partial charge in [-0.1, -0.05) is 23.7 Å². The maximum atomic E-state index is 14.3. The monoisotopic (exact) mass is 1080 g/mol. The standard InChI is InChI=1S/C51H64N12O7S4/c1-29(2)69-50(64)59-33-13-8-31(9-14-33)47-54-26-42(71-47)40-21-17-35(23-44(40)73(52,66)38-5-4-6-38)57-46-25-37(61-62-46)12-7-30(3)70-51(65)60-34-15-10-32(11-16-34)48-55-27-43(72-48)41-22-18-36(58-49-63-56-28-68-49)24-45(41)74(53,67)39-19-20-39/h17-18,21-34,38-39,52-53H,4-16,19-20H2,1-3H3,(H,58,63)(H,59,64)(H,60,65)(H2,57,61,62). The molecule has 3 atom stereocenters. The van der Waals surface area contributed by atoms with Gasteiger partial charge in [-0.3, -0.25) is 5.10 Å². The molecule has 0 bridgehead atoms. The van der Waals surface area contributed by atoms with Crippen LogP contribution in [0.1, 0.15) is 138 Å². The first-order valence-corrected chi connectivity index (χ1v) is 30.6. The summed E-state index contributed by atoms with van der Waals surface area (Å²) < 4.78 is 62.5. The Morgan fingerprint density at radius 1 is 0.730 bits per heavy atom. The number of carbonyl (C=O) groups is 2. The van der Waals surface area contributed by atoms with Gasteiger partial charge in [0, 0.05) is 81.1 Å². The number of nitrogens with one attached hydrogen (secondary N) is 7. The lowest BCUT2D eigenvalue weighted by Gasteiger charge is -2.29. The van der Waals surface area contributed by atoms with E-state index in [4.69, 9.17) is 28.6 Å². The molecule has 394 valence electrons. The van der Waals surface area contributed by atoms with Crippen LogP contribution < -0.4 is 21.3 Å². The first kappa shape index (κ1) is 51.6. The van der Waals surface area contributed by atoms with Gasteiger partial charge in [0.1, 0.15) is 6.10 Å². The maximum absolute atomic E-state index is 14.3. The van der Waals surface area contributed by atoms with Crippen LogP contribution in [0.4, 0.5) is 32.8 Å². The normalized spacial score (nSPS) is 22.2. The molecule has 23 heteroatoms. The van der Waals surface area contributed by atoms with Gasteiger partial charge >= 0.3 is 18.2 Å². The molecule has 3 unspecified atom stereocenters. The third-order valence-electron chi connectivity index (χ3n) is 14.5. The molecule has 19 nitrogen and oxygen atoms in total. The van der Waals surface area contributed by atoms with Crippen molar-refractivity contribution in [3.63, 3.8) is 0 Å². The minimum absolute atomic E-state index is 0.0155. The Balaban J connectivity index is 0.696. The highest BCUT2D eigenvalue weighted by Crippen LogP contribution is 2.45. The van der Waals surface area contributed by atoms with Crippen molar-refractivity contribution in [1.29, 1.82) is 9.56 Å². The Labute approximate surface area is 439 Å². The van der Waals surface area contributed by atoms with Crippen LogP contribution in [-0.4, -0.2) is 85.8 Å². The van der Waals surface area contributed by atoms with Gasteiger partial charge < -0.3 is 35.2 Å². The van der Waals surface area contributed by atoms with E-state index in [0.717, 1.165) is 120 Å². The minimum Gasteiger partial charge on any atom is -0.447 e. The molecule has 10 rings (SSSR count). The average Bonchev–Trinajstić information content (AvgIpc) is 3.76. The molecule has 4 fully saturated rings. The van der Waals surface area contributed by atoms with E-state index in [0.29, 0.717) is 39.8 Å². The third kappa shape index (κ3) is 12.1. The van der Waals surface area contributed by atoms with Gasteiger partial charge in [0.2, 0.25) is 6.39 Å². The Morgan fingerprint density at radius 3 is 1.77 bits per heavy atom. The topological polar surface area (TPSA) is 276 Å². The summed E-state index contributed by atoms with van der Waals surface area (Å²) in [6.45, 7) is 5.55. The fraction of sp³-hybridized carbons (Fsp3) is 0.510. The van der Waals surface area contributed by atoms with E-state index in [1.165, 1.54) is 6.39 Å². The molecule has 74 heavy (non-hydrogen) atoms. The van der Waals surface area contributed by atoms with Crippen molar-refractivity contribution >= 4 is 77.5 Å². The molecule has 4 aromatic heterocycles. The van der Waals surface area contributed by atoms with Gasteiger partial charge in [-0.25, -0.2) is 37.5 Å². The number of anilines is 4. The summed E-state index contributed by atoms with van der Waals surface area (Å²) in [6, 6.07) is 13.4. The van der Waals surface area contributed by atoms with Crippen molar-refractivity contribution in [2.24, 2.45) is 0 Å². The van der Waals surface area contributed by atoms with E-state index in [2.05, 4.69) is 41.7 Å². The van der Waals surface area contributed by atoms with E-state index in [-0.39, 0.29) is 58.7 Å². The van der Waals surface area contributed by atoms with Crippen LogP contribution in [-0.2, 0) is 35.4 Å². The summed E-state index contributed by atoms with van der Waals surface area (Å²) in [7, 11) is -6.16. The highest BCUT2D eigenvalue weighted by Gasteiger charge is 2.37. The van der Waals surface area contributed by atoms with Crippen LogP contribution >= 0.6 is 22.7 Å². The number of carbonyl (C=O) groups excluding carboxylic acids is 2. The second-order valence-electron chi connectivity index (χ2n) is 20.4. The van der Waals surface area contributed by atoms with Crippen LogP contribution in [0.15, 0.2) is 75.5 Å². The van der Waals surface area contributed by atoms with E-state index < -0.39 is 25.6 Å². The molecule has 0 aliphatic heterocycles. The second-order valence-corrected chi connectivity index (χ2v) is 27.1. The molecule has 6 aromatic rings. The number of hydrogen-bond acceptors (Lipinski definition) is 18. The molecule has 4 saturated carbocycles. The summed E-state index contributed by atoms with van der Waals surface area (Å²) in [5.74, 6) is 1.07. The van der Waals surface area contributed by atoms with Gasteiger partial charge in [0.25, 0.3) is 0 Å². The predicted octanol–water partition coefficient (Wildman–Crippen LogP) is 12.0. The third-order valence-corrected chi connectivity index (χ3v) is 21.7. The Morgan fingerprint density at radius 2 is 1.27 bits per heavy atom. The molecular weight excluding hydrogens is 1020 g/mol. The second kappa shape index (κ2) is 22.1. The Kier molecular flexibility index (Phi) is 15.4. The molecule has 7 N–H and O–H groups in total. The number of alkyl carbamates (subject to hydrolysis) is 2. The van der Waals surface area contributed by atoms with E-state index in [1.807, 2.05) is 69.6 Å². The minimum atomic E-state index is -3.11. The smallest absolute Gasteiger partial charge is 0.407 e. The van der Waals surface area contributed by atoms with E-state index in [9.17, 15) is 22.8 Å². The van der Waals surface area contributed by atoms with Crippen molar-refractivity contribution in [2.45, 2.75) is 174 Å². The van der Waals surface area contributed by atoms with Gasteiger partial charge in [-0.2, -0.15) is 5.10 Å². The molecule has 0 spiro atoms. The summed E-state index contributed by atoms with van der Waals surface area (Å²) in [5.41, 5.74) is 3.69. The van der Waals surface area contributed by atoms with Crippen molar-refractivity contribution in [3.05, 3.63) is 77.0 Å². The molecule has 4 heterocycles. The van der Waals surface area contributed by atoms with Crippen molar-refractivity contribution in [3.8, 4) is 20.9 Å². The van der Waals surface area contributed by atoms with Crippen LogP contribution in [0.25, 0.3) is 20.9 Å². The predicted molar refractivity (Wildman–Crippen MR) is 286 cm³/mol.